The lowest BCUT2D eigenvalue weighted by Crippen LogP contribution is -2.43. The molecule has 1 saturated carbocycles. The molecule has 1 rings (SSSR count). The zero-order valence-electron chi connectivity index (χ0n) is 10.2. The van der Waals surface area contributed by atoms with Gasteiger partial charge in [0.15, 0.2) is 0 Å². The van der Waals surface area contributed by atoms with E-state index in [0.717, 1.165) is 13.0 Å². The summed E-state index contributed by atoms with van der Waals surface area (Å²) in [6, 6.07) is 0.381. The van der Waals surface area contributed by atoms with Gasteiger partial charge in [0.2, 0.25) is 0 Å². The molecule has 0 aromatic carbocycles. The second-order valence-electron chi connectivity index (χ2n) is 4.22. The lowest BCUT2D eigenvalue weighted by Gasteiger charge is -2.19. The number of hydrogen-bond donors (Lipinski definition) is 3. The van der Waals surface area contributed by atoms with Gasteiger partial charge in [0.05, 0.1) is 0 Å². The summed E-state index contributed by atoms with van der Waals surface area (Å²) >= 11 is 0. The zero-order valence-corrected chi connectivity index (χ0v) is 10.2. The monoisotopic (exact) mass is 243 g/mol. The van der Waals surface area contributed by atoms with Gasteiger partial charge in [-0.2, -0.15) is 0 Å². The third kappa shape index (κ3) is 6.11. The third-order valence-electron chi connectivity index (χ3n) is 2.64. The molecule has 0 aromatic heterocycles. The molecule has 0 atom stereocenters. The van der Waals surface area contributed by atoms with Crippen LogP contribution in [0.2, 0.25) is 0 Å². The van der Waals surface area contributed by atoms with Gasteiger partial charge in [0, 0.05) is 19.1 Å². The summed E-state index contributed by atoms with van der Waals surface area (Å²) < 4.78 is 0. The Morgan fingerprint density at radius 1 is 1.35 bits per heavy atom. The number of nitrogens with zero attached hydrogens (tertiary/aromatic N) is 1. The second-order valence-corrected chi connectivity index (χ2v) is 4.22. The fraction of sp³-hybridized carbons (Fsp3) is 0.818. The molecule has 0 spiro atoms. The molecule has 1 fully saturated rings. The van der Waals surface area contributed by atoms with Crippen LogP contribution in [0.25, 0.3) is 0 Å². The molecule has 98 valence electrons. The maximum absolute atomic E-state index is 11.6. The van der Waals surface area contributed by atoms with Crippen LogP contribution in [0.1, 0.15) is 26.2 Å². The number of likely N-dealkylation sites (N-methyl/N-ethyl adjacent to an activating group) is 1. The van der Waals surface area contributed by atoms with E-state index >= 15 is 0 Å². The molecule has 3 N–H and O–H groups in total. The number of amides is 2. The highest BCUT2D eigenvalue weighted by Crippen LogP contribution is 2.18. The molecule has 0 aromatic rings. The van der Waals surface area contributed by atoms with E-state index in [1.54, 1.807) is 6.92 Å². The van der Waals surface area contributed by atoms with Gasteiger partial charge in [0.1, 0.15) is 6.54 Å². The molecule has 6 heteroatoms. The predicted octanol–water partition coefficient (Wildman–Crippen LogP) is 0.245. The smallest absolute Gasteiger partial charge is 0.323 e. The minimum Gasteiger partial charge on any atom is -0.480 e. The quantitative estimate of drug-likeness (QED) is 0.534. The van der Waals surface area contributed by atoms with Crippen LogP contribution in [0.3, 0.4) is 0 Å². The van der Waals surface area contributed by atoms with Crippen LogP contribution in [-0.2, 0) is 4.79 Å². The van der Waals surface area contributed by atoms with Crippen molar-refractivity contribution in [2.75, 3.05) is 26.2 Å². The highest BCUT2D eigenvalue weighted by atomic mass is 16.4. The number of hydrogen-bond acceptors (Lipinski definition) is 3. The van der Waals surface area contributed by atoms with Gasteiger partial charge in [-0.05, 0) is 32.7 Å². The summed E-state index contributed by atoms with van der Waals surface area (Å²) in [6.07, 6.45) is 3.38. The topological polar surface area (TPSA) is 81.7 Å². The van der Waals surface area contributed by atoms with Gasteiger partial charge in [-0.3, -0.25) is 4.79 Å². The number of nitrogens with one attached hydrogen (secondary N) is 2. The Morgan fingerprint density at radius 3 is 2.59 bits per heavy atom. The first kappa shape index (κ1) is 13.8. The molecule has 6 nitrogen and oxygen atoms in total. The van der Waals surface area contributed by atoms with E-state index in [-0.39, 0.29) is 12.6 Å². The Hall–Kier alpha value is -1.30. The minimum absolute atomic E-state index is 0.247. The van der Waals surface area contributed by atoms with Gasteiger partial charge < -0.3 is 20.6 Å². The number of carboxylic acids is 1. The van der Waals surface area contributed by atoms with E-state index in [1.165, 1.54) is 17.7 Å². The van der Waals surface area contributed by atoms with Gasteiger partial charge >= 0.3 is 12.0 Å². The Bertz CT molecular complexity index is 267. The Kier molecular flexibility index (Phi) is 5.76. The standard InChI is InChI=1S/C11H21N3O3/c1-2-14(8-10(15)16)11(17)13-7-3-6-12-9-4-5-9/h9,12H,2-8H2,1H3,(H,13,17)(H,15,16). The Balaban J connectivity index is 2.06. The van der Waals surface area contributed by atoms with Crippen molar-refractivity contribution in [3.8, 4) is 0 Å². The van der Waals surface area contributed by atoms with Crippen LogP contribution in [0, 0.1) is 0 Å². The Morgan fingerprint density at radius 2 is 2.06 bits per heavy atom. The lowest BCUT2D eigenvalue weighted by molar-refractivity contribution is -0.137. The van der Waals surface area contributed by atoms with Crippen molar-refractivity contribution in [3.63, 3.8) is 0 Å². The highest BCUT2D eigenvalue weighted by Gasteiger charge is 2.19. The van der Waals surface area contributed by atoms with E-state index in [4.69, 9.17) is 5.11 Å². The van der Waals surface area contributed by atoms with E-state index in [2.05, 4.69) is 10.6 Å². The first-order chi connectivity index (χ1) is 8.13. The number of rotatable bonds is 8. The Labute approximate surface area is 101 Å². The van der Waals surface area contributed by atoms with Crippen molar-refractivity contribution in [1.82, 2.24) is 15.5 Å². The number of aliphatic carboxylic acids is 1. The maximum Gasteiger partial charge on any atom is 0.323 e. The molecular formula is C11H21N3O3. The maximum atomic E-state index is 11.6. The van der Waals surface area contributed by atoms with E-state index in [0.29, 0.717) is 19.1 Å². The van der Waals surface area contributed by atoms with E-state index in [1.807, 2.05) is 0 Å². The van der Waals surface area contributed by atoms with E-state index in [9.17, 15) is 9.59 Å². The van der Waals surface area contributed by atoms with Crippen LogP contribution in [0.5, 0.6) is 0 Å². The fourth-order valence-electron chi connectivity index (χ4n) is 1.48. The van der Waals surface area contributed by atoms with Gasteiger partial charge in [-0.1, -0.05) is 0 Å². The van der Waals surface area contributed by atoms with Gasteiger partial charge in [-0.15, -0.1) is 0 Å². The molecular weight excluding hydrogens is 222 g/mol. The van der Waals surface area contributed by atoms with Crippen molar-refractivity contribution in [3.05, 3.63) is 0 Å². The zero-order chi connectivity index (χ0) is 12.7. The van der Waals surface area contributed by atoms with Crippen LogP contribution >= 0.6 is 0 Å². The molecule has 2 amide bonds. The van der Waals surface area contributed by atoms with Gasteiger partial charge in [0.25, 0.3) is 0 Å². The van der Waals surface area contributed by atoms with E-state index < -0.39 is 5.97 Å². The first-order valence-electron chi connectivity index (χ1n) is 6.11. The molecule has 0 aliphatic heterocycles. The molecule has 0 radical (unpaired) electrons. The molecule has 0 unspecified atom stereocenters. The number of carbonyl (C=O) groups excluding carboxylic acids is 1. The predicted molar refractivity (Wildman–Crippen MR) is 63.9 cm³/mol. The molecule has 1 aliphatic rings. The average molecular weight is 243 g/mol. The fourth-order valence-corrected chi connectivity index (χ4v) is 1.48. The second kappa shape index (κ2) is 7.11. The van der Waals surface area contributed by atoms with Crippen LogP contribution in [0.15, 0.2) is 0 Å². The molecule has 0 bridgehead atoms. The molecule has 17 heavy (non-hydrogen) atoms. The van der Waals surface area contributed by atoms with Gasteiger partial charge in [-0.25, -0.2) is 4.79 Å². The summed E-state index contributed by atoms with van der Waals surface area (Å²) in [6.45, 7) is 3.39. The summed E-state index contributed by atoms with van der Waals surface area (Å²) in [5.74, 6) is -0.989. The minimum atomic E-state index is -0.989. The molecule has 0 saturated heterocycles. The average Bonchev–Trinajstić information content (AvgIpc) is 3.08. The van der Waals surface area contributed by atoms with Crippen molar-refractivity contribution in [1.29, 1.82) is 0 Å². The van der Waals surface area contributed by atoms with Crippen LogP contribution in [0.4, 0.5) is 4.79 Å². The molecule has 1 aliphatic carbocycles. The van der Waals surface area contributed by atoms with Crippen LogP contribution < -0.4 is 10.6 Å². The number of carboxylic acid groups (broad SMARTS) is 1. The molecule has 0 heterocycles. The first-order valence-corrected chi connectivity index (χ1v) is 6.11. The summed E-state index contributed by atoms with van der Waals surface area (Å²) in [5.41, 5.74) is 0. The summed E-state index contributed by atoms with van der Waals surface area (Å²) in [7, 11) is 0. The van der Waals surface area contributed by atoms with Crippen molar-refractivity contribution in [2.24, 2.45) is 0 Å². The number of urea groups is 1. The largest absolute Gasteiger partial charge is 0.480 e. The lowest BCUT2D eigenvalue weighted by atomic mass is 10.4. The normalized spacial score (nSPS) is 14.4. The van der Waals surface area contributed by atoms with Crippen molar-refractivity contribution < 1.29 is 14.7 Å². The summed E-state index contributed by atoms with van der Waals surface area (Å²) in [4.78, 5) is 23.3. The number of carbonyl (C=O) groups is 2. The third-order valence-corrected chi connectivity index (χ3v) is 2.64. The SMILES string of the molecule is CCN(CC(=O)O)C(=O)NCCCNC1CC1. The summed E-state index contributed by atoms with van der Waals surface area (Å²) in [5, 5.41) is 14.7. The van der Waals surface area contributed by atoms with Crippen molar-refractivity contribution >= 4 is 12.0 Å². The highest BCUT2D eigenvalue weighted by molar-refractivity contribution is 5.79. The van der Waals surface area contributed by atoms with Crippen LogP contribution in [-0.4, -0.2) is 54.2 Å². The van der Waals surface area contributed by atoms with Crippen molar-refractivity contribution in [2.45, 2.75) is 32.2 Å².